The fraction of sp³-hybridized carbons (Fsp3) is 0.0800. The number of para-hydroxylation sites is 2. The van der Waals surface area contributed by atoms with Gasteiger partial charge in [0.2, 0.25) is 11.8 Å². The molecule has 0 unspecified atom stereocenters. The van der Waals surface area contributed by atoms with Crippen molar-refractivity contribution in [3.8, 4) is 22.8 Å². The fourth-order valence-electron chi connectivity index (χ4n) is 3.42. The standard InChI is InChI=1S/C25H21N5O/c1-17-9-10-18(16-27-17)21-6-5-15-26-24(21)31-20-13-11-19(12-14-20)28-25-29-22-7-3-4-8-23(22)30(25)2/h3-16H,1-2H3,(H,28,29). The summed E-state index contributed by atoms with van der Waals surface area (Å²) in [6.07, 6.45) is 3.56. The first-order valence-corrected chi connectivity index (χ1v) is 10.0. The lowest BCUT2D eigenvalue weighted by Gasteiger charge is -2.11. The normalized spacial score (nSPS) is 10.9. The molecule has 0 aliphatic heterocycles. The number of aromatic nitrogens is 4. The van der Waals surface area contributed by atoms with Gasteiger partial charge in [0.15, 0.2) is 0 Å². The topological polar surface area (TPSA) is 64.9 Å². The van der Waals surface area contributed by atoms with E-state index in [9.17, 15) is 0 Å². The third-order valence-electron chi connectivity index (χ3n) is 5.11. The second-order valence-corrected chi connectivity index (χ2v) is 7.28. The van der Waals surface area contributed by atoms with Crippen molar-refractivity contribution < 1.29 is 4.74 Å². The fourth-order valence-corrected chi connectivity index (χ4v) is 3.42. The van der Waals surface area contributed by atoms with Crippen LogP contribution in [0.15, 0.2) is 85.2 Å². The average molecular weight is 407 g/mol. The van der Waals surface area contributed by atoms with Crippen LogP contribution in [0.25, 0.3) is 22.2 Å². The molecule has 5 aromatic rings. The van der Waals surface area contributed by atoms with Crippen LogP contribution in [0.2, 0.25) is 0 Å². The molecule has 0 aliphatic rings. The van der Waals surface area contributed by atoms with E-state index in [0.29, 0.717) is 11.6 Å². The zero-order chi connectivity index (χ0) is 21.2. The number of ether oxygens (including phenoxy) is 1. The highest BCUT2D eigenvalue weighted by molar-refractivity contribution is 5.79. The summed E-state index contributed by atoms with van der Waals surface area (Å²) >= 11 is 0. The van der Waals surface area contributed by atoms with Crippen LogP contribution in [0.5, 0.6) is 11.6 Å². The van der Waals surface area contributed by atoms with Gasteiger partial charge in [0, 0.05) is 41.9 Å². The SMILES string of the molecule is Cc1ccc(-c2cccnc2Oc2ccc(Nc3nc4ccccc4n3C)cc2)cn1. The van der Waals surface area contributed by atoms with Crippen molar-refractivity contribution in [3.63, 3.8) is 0 Å². The molecule has 0 amide bonds. The predicted octanol–water partition coefficient (Wildman–Crippen LogP) is 5.87. The van der Waals surface area contributed by atoms with Gasteiger partial charge in [-0.2, -0.15) is 0 Å². The van der Waals surface area contributed by atoms with Crippen LogP contribution >= 0.6 is 0 Å². The van der Waals surface area contributed by atoms with Crippen molar-refractivity contribution in [1.82, 2.24) is 19.5 Å². The summed E-state index contributed by atoms with van der Waals surface area (Å²) in [6, 6.07) is 23.7. The van der Waals surface area contributed by atoms with E-state index in [1.165, 1.54) is 0 Å². The monoisotopic (exact) mass is 407 g/mol. The van der Waals surface area contributed by atoms with Gasteiger partial charge in [-0.25, -0.2) is 9.97 Å². The largest absolute Gasteiger partial charge is 0.438 e. The van der Waals surface area contributed by atoms with Gasteiger partial charge in [0.25, 0.3) is 0 Å². The van der Waals surface area contributed by atoms with E-state index in [-0.39, 0.29) is 0 Å². The molecule has 0 fully saturated rings. The Bertz CT molecular complexity index is 1340. The maximum atomic E-state index is 6.08. The maximum Gasteiger partial charge on any atom is 0.227 e. The van der Waals surface area contributed by atoms with E-state index in [1.807, 2.05) is 91.5 Å². The van der Waals surface area contributed by atoms with Crippen molar-refractivity contribution in [2.45, 2.75) is 6.92 Å². The summed E-state index contributed by atoms with van der Waals surface area (Å²) in [5.41, 5.74) is 5.80. The zero-order valence-corrected chi connectivity index (χ0v) is 17.3. The van der Waals surface area contributed by atoms with Crippen LogP contribution in [0, 0.1) is 6.92 Å². The van der Waals surface area contributed by atoms with E-state index in [0.717, 1.165) is 39.5 Å². The minimum Gasteiger partial charge on any atom is -0.438 e. The highest BCUT2D eigenvalue weighted by atomic mass is 16.5. The first kappa shape index (κ1) is 18.8. The van der Waals surface area contributed by atoms with E-state index < -0.39 is 0 Å². The lowest BCUT2D eigenvalue weighted by molar-refractivity contribution is 0.465. The number of imidazole rings is 1. The first-order chi connectivity index (χ1) is 15.2. The second kappa shape index (κ2) is 7.91. The Morgan fingerprint density at radius 2 is 1.71 bits per heavy atom. The number of hydrogen-bond donors (Lipinski definition) is 1. The van der Waals surface area contributed by atoms with E-state index in [2.05, 4.69) is 26.3 Å². The quantitative estimate of drug-likeness (QED) is 0.394. The number of anilines is 2. The van der Waals surface area contributed by atoms with E-state index in [1.54, 1.807) is 6.20 Å². The minimum atomic E-state index is 0.546. The summed E-state index contributed by atoms with van der Waals surface area (Å²) in [6.45, 7) is 1.97. The Kier molecular flexibility index (Phi) is 4.80. The van der Waals surface area contributed by atoms with Crippen LogP contribution < -0.4 is 10.1 Å². The molecule has 0 aliphatic carbocycles. The molecule has 0 bridgehead atoms. The van der Waals surface area contributed by atoms with Crippen LogP contribution in [0.1, 0.15) is 5.69 Å². The summed E-state index contributed by atoms with van der Waals surface area (Å²) < 4.78 is 8.12. The third kappa shape index (κ3) is 3.83. The third-order valence-corrected chi connectivity index (χ3v) is 5.11. The predicted molar refractivity (Wildman–Crippen MR) is 123 cm³/mol. The molecule has 1 N–H and O–H groups in total. The van der Waals surface area contributed by atoms with Crippen molar-refractivity contribution in [3.05, 3.63) is 90.9 Å². The lowest BCUT2D eigenvalue weighted by atomic mass is 10.1. The van der Waals surface area contributed by atoms with Crippen molar-refractivity contribution in [2.24, 2.45) is 7.05 Å². The van der Waals surface area contributed by atoms with Crippen molar-refractivity contribution >= 4 is 22.7 Å². The Balaban J connectivity index is 1.36. The van der Waals surface area contributed by atoms with Gasteiger partial charge < -0.3 is 14.6 Å². The Hall–Kier alpha value is -4.19. The molecule has 6 nitrogen and oxygen atoms in total. The van der Waals surface area contributed by atoms with Gasteiger partial charge in [-0.15, -0.1) is 0 Å². The van der Waals surface area contributed by atoms with Crippen molar-refractivity contribution in [1.29, 1.82) is 0 Å². The summed E-state index contributed by atoms with van der Waals surface area (Å²) in [5.74, 6) is 2.04. The molecule has 6 heteroatoms. The molecule has 0 saturated heterocycles. The van der Waals surface area contributed by atoms with Crippen molar-refractivity contribution in [2.75, 3.05) is 5.32 Å². The number of benzene rings is 2. The number of rotatable bonds is 5. The first-order valence-electron chi connectivity index (χ1n) is 10.0. The minimum absolute atomic E-state index is 0.546. The van der Waals surface area contributed by atoms with Crippen LogP contribution in [-0.2, 0) is 7.05 Å². The van der Waals surface area contributed by atoms with Crippen LogP contribution in [-0.4, -0.2) is 19.5 Å². The molecule has 0 radical (unpaired) electrons. The van der Waals surface area contributed by atoms with Crippen LogP contribution in [0.4, 0.5) is 11.6 Å². The highest BCUT2D eigenvalue weighted by Crippen LogP contribution is 2.31. The number of fused-ring (bicyclic) bond motifs is 1. The van der Waals surface area contributed by atoms with Gasteiger partial charge in [0.1, 0.15) is 5.75 Å². The number of nitrogens with zero attached hydrogens (tertiary/aromatic N) is 4. The number of hydrogen-bond acceptors (Lipinski definition) is 5. The molecular formula is C25H21N5O. The Labute approximate surface area is 180 Å². The Morgan fingerprint density at radius 3 is 2.48 bits per heavy atom. The van der Waals surface area contributed by atoms with Gasteiger partial charge >= 0.3 is 0 Å². The van der Waals surface area contributed by atoms with Gasteiger partial charge in [0.05, 0.1) is 11.0 Å². The molecule has 152 valence electrons. The molecular weight excluding hydrogens is 386 g/mol. The molecule has 2 aromatic carbocycles. The van der Waals surface area contributed by atoms with Gasteiger partial charge in [-0.3, -0.25) is 4.98 Å². The molecule has 3 heterocycles. The van der Waals surface area contributed by atoms with E-state index in [4.69, 9.17) is 4.74 Å². The second-order valence-electron chi connectivity index (χ2n) is 7.28. The average Bonchev–Trinajstić information content (AvgIpc) is 3.11. The molecule has 0 spiro atoms. The molecule has 0 atom stereocenters. The summed E-state index contributed by atoms with van der Waals surface area (Å²) in [4.78, 5) is 13.5. The number of pyridine rings is 2. The molecule has 31 heavy (non-hydrogen) atoms. The summed E-state index contributed by atoms with van der Waals surface area (Å²) in [5, 5.41) is 3.37. The molecule has 0 saturated carbocycles. The number of nitrogens with one attached hydrogen (secondary N) is 1. The smallest absolute Gasteiger partial charge is 0.227 e. The van der Waals surface area contributed by atoms with Gasteiger partial charge in [-0.05, 0) is 61.5 Å². The van der Waals surface area contributed by atoms with Gasteiger partial charge in [-0.1, -0.05) is 18.2 Å². The Morgan fingerprint density at radius 1 is 0.871 bits per heavy atom. The number of aryl methyl sites for hydroxylation is 2. The highest BCUT2D eigenvalue weighted by Gasteiger charge is 2.10. The van der Waals surface area contributed by atoms with E-state index >= 15 is 0 Å². The van der Waals surface area contributed by atoms with Crippen LogP contribution in [0.3, 0.4) is 0 Å². The maximum absolute atomic E-state index is 6.08. The zero-order valence-electron chi connectivity index (χ0n) is 17.3. The lowest BCUT2D eigenvalue weighted by Crippen LogP contribution is -1.99. The molecule has 5 rings (SSSR count). The molecule has 3 aromatic heterocycles. The summed E-state index contributed by atoms with van der Waals surface area (Å²) in [7, 11) is 2.00.